The molecule has 0 saturated carbocycles. The Kier molecular flexibility index (Phi) is 6.03. The number of hydrogen-bond donors (Lipinski definition) is 2. The number of carboxylic acids is 1. The molecule has 1 amide bonds. The van der Waals surface area contributed by atoms with Crippen LogP contribution < -0.4 is 5.32 Å². The summed E-state index contributed by atoms with van der Waals surface area (Å²) < 4.78 is 0. The maximum Gasteiger partial charge on any atom is 0.303 e. The molecule has 0 spiro atoms. The molecule has 120 valence electrons. The van der Waals surface area contributed by atoms with Crippen molar-refractivity contribution in [1.29, 1.82) is 0 Å². The third kappa shape index (κ3) is 4.99. The van der Waals surface area contributed by atoms with Crippen LogP contribution in [0.15, 0.2) is 0 Å². The van der Waals surface area contributed by atoms with E-state index in [9.17, 15) is 9.59 Å². The molecule has 2 saturated heterocycles. The van der Waals surface area contributed by atoms with Gasteiger partial charge in [0.25, 0.3) is 0 Å². The quantitative estimate of drug-likeness (QED) is 0.810. The van der Waals surface area contributed by atoms with Crippen LogP contribution in [0.3, 0.4) is 0 Å². The van der Waals surface area contributed by atoms with Crippen molar-refractivity contribution in [2.45, 2.75) is 45.4 Å². The Morgan fingerprint density at radius 3 is 2.81 bits per heavy atom. The molecule has 2 aliphatic heterocycles. The maximum absolute atomic E-state index is 12.4. The number of amides is 1. The van der Waals surface area contributed by atoms with Crippen LogP contribution >= 0.6 is 0 Å². The fraction of sp³-hybridized carbons (Fsp3) is 0.875. The van der Waals surface area contributed by atoms with Crippen molar-refractivity contribution < 1.29 is 14.7 Å². The Bertz CT molecular complexity index is 367. The van der Waals surface area contributed by atoms with Gasteiger partial charge in [-0.05, 0) is 56.5 Å². The number of rotatable bonds is 5. The van der Waals surface area contributed by atoms with E-state index in [2.05, 4.69) is 12.2 Å². The van der Waals surface area contributed by atoms with Crippen molar-refractivity contribution in [3.63, 3.8) is 0 Å². The number of piperidine rings is 2. The molecule has 5 heteroatoms. The van der Waals surface area contributed by atoms with Gasteiger partial charge in [0, 0.05) is 25.9 Å². The van der Waals surface area contributed by atoms with Crippen LogP contribution in [0.5, 0.6) is 0 Å². The molecule has 2 aliphatic rings. The van der Waals surface area contributed by atoms with Crippen LogP contribution in [0.1, 0.15) is 45.4 Å². The first-order valence-corrected chi connectivity index (χ1v) is 8.26. The second-order valence-electron chi connectivity index (χ2n) is 6.73. The minimum Gasteiger partial charge on any atom is -0.481 e. The third-order valence-corrected chi connectivity index (χ3v) is 4.97. The summed E-state index contributed by atoms with van der Waals surface area (Å²) in [7, 11) is 0. The van der Waals surface area contributed by atoms with E-state index in [0.29, 0.717) is 24.8 Å². The van der Waals surface area contributed by atoms with E-state index in [0.717, 1.165) is 32.5 Å². The molecule has 0 aliphatic carbocycles. The van der Waals surface area contributed by atoms with E-state index < -0.39 is 5.97 Å². The monoisotopic (exact) mass is 296 g/mol. The van der Waals surface area contributed by atoms with E-state index in [-0.39, 0.29) is 18.2 Å². The van der Waals surface area contributed by atoms with Gasteiger partial charge in [0.05, 0.1) is 0 Å². The summed E-state index contributed by atoms with van der Waals surface area (Å²) in [6.45, 7) is 5.72. The summed E-state index contributed by atoms with van der Waals surface area (Å²) in [5.41, 5.74) is 0. The highest BCUT2D eigenvalue weighted by Crippen LogP contribution is 2.25. The van der Waals surface area contributed by atoms with Gasteiger partial charge in [0.2, 0.25) is 5.91 Å². The van der Waals surface area contributed by atoms with Crippen LogP contribution in [0.2, 0.25) is 0 Å². The molecule has 3 unspecified atom stereocenters. The van der Waals surface area contributed by atoms with Crippen LogP contribution in [0.25, 0.3) is 0 Å². The predicted octanol–water partition coefficient (Wildman–Crippen LogP) is 1.73. The second-order valence-corrected chi connectivity index (χ2v) is 6.73. The van der Waals surface area contributed by atoms with Crippen molar-refractivity contribution in [2.75, 3.05) is 26.2 Å². The van der Waals surface area contributed by atoms with Gasteiger partial charge in [0.15, 0.2) is 0 Å². The molecule has 0 aromatic heterocycles. The van der Waals surface area contributed by atoms with E-state index in [1.54, 1.807) is 0 Å². The van der Waals surface area contributed by atoms with Crippen LogP contribution in [0.4, 0.5) is 0 Å². The number of nitrogens with zero attached hydrogens (tertiary/aromatic N) is 1. The van der Waals surface area contributed by atoms with Gasteiger partial charge in [-0.2, -0.15) is 0 Å². The molecule has 2 N–H and O–H groups in total. The van der Waals surface area contributed by atoms with Gasteiger partial charge in [0.1, 0.15) is 0 Å². The van der Waals surface area contributed by atoms with Crippen molar-refractivity contribution >= 4 is 11.9 Å². The Balaban J connectivity index is 1.80. The summed E-state index contributed by atoms with van der Waals surface area (Å²) in [5, 5.41) is 12.3. The van der Waals surface area contributed by atoms with Crippen molar-refractivity contribution in [2.24, 2.45) is 17.8 Å². The molecule has 2 rings (SSSR count). The van der Waals surface area contributed by atoms with Gasteiger partial charge >= 0.3 is 5.97 Å². The predicted molar refractivity (Wildman–Crippen MR) is 80.9 cm³/mol. The third-order valence-electron chi connectivity index (χ3n) is 4.97. The molecular weight excluding hydrogens is 268 g/mol. The van der Waals surface area contributed by atoms with Gasteiger partial charge < -0.3 is 15.3 Å². The van der Waals surface area contributed by atoms with Gasteiger partial charge in [-0.25, -0.2) is 0 Å². The summed E-state index contributed by atoms with van der Waals surface area (Å²) >= 11 is 0. The number of nitrogens with one attached hydrogen (secondary N) is 1. The smallest absolute Gasteiger partial charge is 0.303 e. The lowest BCUT2D eigenvalue weighted by Gasteiger charge is -2.34. The second kappa shape index (κ2) is 7.78. The molecule has 5 nitrogen and oxygen atoms in total. The zero-order valence-electron chi connectivity index (χ0n) is 13.0. The summed E-state index contributed by atoms with van der Waals surface area (Å²) in [6, 6.07) is 0. The largest absolute Gasteiger partial charge is 0.481 e. The lowest BCUT2D eigenvalue weighted by atomic mass is 9.85. The first kappa shape index (κ1) is 16.3. The summed E-state index contributed by atoms with van der Waals surface area (Å²) in [6.07, 6.45) is 5.07. The fourth-order valence-corrected chi connectivity index (χ4v) is 3.64. The molecule has 2 heterocycles. The number of carbonyl (C=O) groups is 2. The number of aliphatic carboxylic acids is 1. The average molecular weight is 296 g/mol. The minimum atomic E-state index is -0.754. The molecule has 0 radical (unpaired) electrons. The summed E-state index contributed by atoms with van der Waals surface area (Å²) in [4.78, 5) is 25.2. The van der Waals surface area contributed by atoms with Gasteiger partial charge in [-0.15, -0.1) is 0 Å². The van der Waals surface area contributed by atoms with Crippen LogP contribution in [0, 0.1) is 17.8 Å². The first-order valence-electron chi connectivity index (χ1n) is 8.26. The maximum atomic E-state index is 12.4. The number of carbonyl (C=O) groups excluding carboxylic acids is 1. The number of likely N-dealkylation sites (tertiary alicyclic amines) is 1. The molecule has 0 aromatic rings. The molecule has 0 bridgehead atoms. The van der Waals surface area contributed by atoms with Crippen molar-refractivity contribution in [3.8, 4) is 0 Å². The lowest BCUT2D eigenvalue weighted by molar-refractivity contribution is -0.141. The SMILES string of the molecule is CC(CC(=O)N1CCCC(CC(=O)O)C1)C1CCCNC1. The van der Waals surface area contributed by atoms with Crippen molar-refractivity contribution in [1.82, 2.24) is 10.2 Å². The van der Waals surface area contributed by atoms with Gasteiger partial charge in [-0.3, -0.25) is 9.59 Å². The van der Waals surface area contributed by atoms with Crippen LogP contribution in [-0.4, -0.2) is 48.1 Å². The highest BCUT2D eigenvalue weighted by Gasteiger charge is 2.28. The zero-order valence-corrected chi connectivity index (χ0v) is 13.0. The normalized spacial score (nSPS) is 28.1. The Labute approximate surface area is 127 Å². The summed E-state index contributed by atoms with van der Waals surface area (Å²) in [5.74, 6) is 0.596. The zero-order chi connectivity index (χ0) is 15.2. The molecule has 3 atom stereocenters. The fourth-order valence-electron chi connectivity index (χ4n) is 3.64. The highest BCUT2D eigenvalue weighted by atomic mass is 16.4. The van der Waals surface area contributed by atoms with Crippen LogP contribution in [-0.2, 0) is 9.59 Å². The van der Waals surface area contributed by atoms with E-state index in [4.69, 9.17) is 5.11 Å². The Hall–Kier alpha value is -1.10. The van der Waals surface area contributed by atoms with Gasteiger partial charge in [-0.1, -0.05) is 6.92 Å². The topological polar surface area (TPSA) is 69.6 Å². The molecule has 2 fully saturated rings. The highest BCUT2D eigenvalue weighted by molar-refractivity contribution is 5.76. The van der Waals surface area contributed by atoms with E-state index >= 15 is 0 Å². The Morgan fingerprint density at radius 1 is 1.33 bits per heavy atom. The molecule has 0 aromatic carbocycles. The average Bonchev–Trinajstić information content (AvgIpc) is 2.47. The standard InChI is InChI=1S/C16H28N2O3/c1-12(14-5-2-6-17-10-14)8-15(19)18-7-3-4-13(11-18)9-16(20)21/h12-14,17H,2-11H2,1H3,(H,20,21). The molecular formula is C16H28N2O3. The first-order chi connectivity index (χ1) is 10.1. The number of carboxylic acid groups (broad SMARTS) is 1. The van der Waals surface area contributed by atoms with E-state index in [1.807, 2.05) is 4.90 Å². The molecule has 21 heavy (non-hydrogen) atoms. The Morgan fingerprint density at radius 2 is 2.14 bits per heavy atom. The minimum absolute atomic E-state index is 0.131. The van der Waals surface area contributed by atoms with Crippen molar-refractivity contribution in [3.05, 3.63) is 0 Å². The number of hydrogen-bond acceptors (Lipinski definition) is 3. The lowest BCUT2D eigenvalue weighted by Crippen LogP contribution is -2.42. The van der Waals surface area contributed by atoms with E-state index in [1.165, 1.54) is 12.8 Å².